The number of aliphatic hydroxyl groups excluding tert-OH is 1. The lowest BCUT2D eigenvalue weighted by Crippen LogP contribution is -2.28. The lowest BCUT2D eigenvalue weighted by atomic mass is 10.1. The lowest BCUT2D eigenvalue weighted by molar-refractivity contribution is -0.161. The fraction of sp³-hybridized carbons (Fsp3) is 0.608. The molecule has 5 nitrogen and oxygen atoms in total. The summed E-state index contributed by atoms with van der Waals surface area (Å²) in [6.07, 6.45) is 65.9. The molecule has 0 fully saturated rings. The summed E-state index contributed by atoms with van der Waals surface area (Å²) in [4.78, 5) is 24.3. The first-order valence-electron chi connectivity index (χ1n) is 22.4. The highest BCUT2D eigenvalue weighted by atomic mass is 16.6. The van der Waals surface area contributed by atoms with Crippen LogP contribution in [0.2, 0.25) is 0 Å². The van der Waals surface area contributed by atoms with E-state index in [1.807, 2.05) is 0 Å². The molecule has 0 spiro atoms. The van der Waals surface area contributed by atoms with Gasteiger partial charge < -0.3 is 14.6 Å². The average molecular weight is 775 g/mol. The molecule has 0 amide bonds. The fourth-order valence-electron chi connectivity index (χ4n) is 5.68. The van der Waals surface area contributed by atoms with Gasteiger partial charge in [0.1, 0.15) is 6.61 Å². The summed E-state index contributed by atoms with van der Waals surface area (Å²) in [5, 5.41) is 9.57. The Labute approximate surface area is 344 Å². The van der Waals surface area contributed by atoms with Crippen LogP contribution in [0.4, 0.5) is 0 Å². The van der Waals surface area contributed by atoms with E-state index in [1.165, 1.54) is 44.9 Å². The first kappa shape index (κ1) is 52.6. The van der Waals surface area contributed by atoms with Crippen molar-refractivity contribution in [2.45, 2.75) is 187 Å². The molecule has 0 aromatic heterocycles. The summed E-state index contributed by atoms with van der Waals surface area (Å²) in [5.74, 6) is -0.640. The molecule has 0 heterocycles. The number of hydrogen-bond donors (Lipinski definition) is 1. The largest absolute Gasteiger partial charge is 0.462 e. The first-order valence-corrected chi connectivity index (χ1v) is 22.4. The maximum absolute atomic E-state index is 12.2. The third kappa shape index (κ3) is 43.3. The predicted molar refractivity (Wildman–Crippen MR) is 242 cm³/mol. The van der Waals surface area contributed by atoms with Gasteiger partial charge in [0.2, 0.25) is 0 Å². The molecule has 0 aromatic rings. The highest BCUT2D eigenvalue weighted by Crippen LogP contribution is 2.11. The van der Waals surface area contributed by atoms with Crippen molar-refractivity contribution in [3.05, 3.63) is 109 Å². The van der Waals surface area contributed by atoms with Gasteiger partial charge in [0.05, 0.1) is 6.61 Å². The minimum Gasteiger partial charge on any atom is -0.462 e. The topological polar surface area (TPSA) is 72.8 Å². The van der Waals surface area contributed by atoms with Crippen molar-refractivity contribution >= 4 is 11.9 Å². The molecule has 316 valence electrons. The smallest absolute Gasteiger partial charge is 0.306 e. The van der Waals surface area contributed by atoms with Crippen LogP contribution in [-0.4, -0.2) is 36.4 Å². The minimum atomic E-state index is -0.795. The summed E-state index contributed by atoms with van der Waals surface area (Å²) in [6.45, 7) is 3.96. The average Bonchev–Trinajstić information content (AvgIpc) is 3.20. The quantitative estimate of drug-likeness (QED) is 0.0382. The molecule has 0 aliphatic carbocycles. The van der Waals surface area contributed by atoms with E-state index in [0.29, 0.717) is 12.8 Å². The second-order valence-electron chi connectivity index (χ2n) is 14.4. The Hall–Kier alpha value is -3.44. The van der Waals surface area contributed by atoms with Gasteiger partial charge in [-0.1, -0.05) is 175 Å². The SMILES string of the molecule is CC/C=C\C/C=C\C/C=C\C/C=C\C/C=C\C/C=C\C/C=C\C/C=C\CCCCCCC(=O)OC(CO)COC(=O)CCCCCCC/C=C\CCCCCC. The molecule has 0 rings (SSSR count). The Bertz CT molecular complexity index is 1150. The van der Waals surface area contributed by atoms with Gasteiger partial charge in [0.15, 0.2) is 6.10 Å². The second-order valence-corrected chi connectivity index (χ2v) is 14.4. The molecule has 1 atom stereocenters. The molecule has 0 radical (unpaired) electrons. The van der Waals surface area contributed by atoms with Gasteiger partial charge in [0.25, 0.3) is 0 Å². The van der Waals surface area contributed by atoms with Gasteiger partial charge in [-0.3, -0.25) is 9.59 Å². The van der Waals surface area contributed by atoms with Crippen molar-refractivity contribution in [2.75, 3.05) is 13.2 Å². The standard InChI is InChI=1S/C51H82O5/c1-3-5-7-9-11-13-15-17-18-19-20-21-22-23-24-25-26-27-28-29-30-31-32-34-36-38-40-42-44-46-51(54)56-49(47-52)48-55-50(53)45-43-41-39-37-35-33-16-14-12-10-8-6-4-2/h5,7,11,13-14,16-18,20-21,23-24,26-27,29-30,32,34,49,52H,3-4,6,8-10,12,15,19,22,25,28,31,33,35-48H2,1-2H3/b7-5-,13-11-,16-14-,18-17-,21-20-,24-23-,27-26-,30-29-,34-32-. The van der Waals surface area contributed by atoms with Gasteiger partial charge in [-0.25, -0.2) is 0 Å². The molecule has 1 unspecified atom stereocenters. The maximum Gasteiger partial charge on any atom is 0.306 e. The molecule has 0 aromatic carbocycles. The fourth-order valence-corrected chi connectivity index (χ4v) is 5.68. The van der Waals surface area contributed by atoms with Crippen molar-refractivity contribution in [1.29, 1.82) is 0 Å². The van der Waals surface area contributed by atoms with Crippen LogP contribution in [0.3, 0.4) is 0 Å². The molecule has 1 N–H and O–H groups in total. The predicted octanol–water partition coefficient (Wildman–Crippen LogP) is 14.6. The molecule has 0 aliphatic rings. The van der Waals surface area contributed by atoms with Crippen LogP contribution in [0, 0.1) is 0 Å². The first-order chi connectivity index (χ1) is 27.6. The zero-order chi connectivity index (χ0) is 40.7. The summed E-state index contributed by atoms with van der Waals surface area (Å²) < 4.78 is 10.6. The number of aliphatic hydroxyl groups is 1. The molecule has 0 saturated heterocycles. The molecule has 56 heavy (non-hydrogen) atoms. The third-order valence-electron chi connectivity index (χ3n) is 9.05. The summed E-state index contributed by atoms with van der Waals surface area (Å²) in [6, 6.07) is 0. The van der Waals surface area contributed by atoms with Crippen LogP contribution in [0.25, 0.3) is 0 Å². The normalized spacial score (nSPS) is 13.3. The number of carbonyl (C=O) groups excluding carboxylic acids is 2. The number of rotatable bonds is 39. The number of ether oxygens (including phenoxy) is 2. The van der Waals surface area contributed by atoms with E-state index in [2.05, 4.69) is 123 Å². The lowest BCUT2D eigenvalue weighted by Gasteiger charge is -2.15. The van der Waals surface area contributed by atoms with Crippen LogP contribution in [0.5, 0.6) is 0 Å². The highest BCUT2D eigenvalue weighted by Gasteiger charge is 2.16. The van der Waals surface area contributed by atoms with Crippen molar-refractivity contribution in [2.24, 2.45) is 0 Å². The van der Waals surface area contributed by atoms with E-state index in [9.17, 15) is 14.7 Å². The van der Waals surface area contributed by atoms with Crippen molar-refractivity contribution in [3.63, 3.8) is 0 Å². The Kier molecular flexibility index (Phi) is 43.1. The number of esters is 2. The maximum atomic E-state index is 12.2. The number of allylic oxidation sites excluding steroid dienone is 18. The Morgan fingerprint density at radius 1 is 0.429 bits per heavy atom. The number of hydrogen-bond acceptors (Lipinski definition) is 5. The highest BCUT2D eigenvalue weighted by molar-refractivity contribution is 5.70. The Morgan fingerprint density at radius 2 is 0.768 bits per heavy atom. The minimum absolute atomic E-state index is 0.0874. The van der Waals surface area contributed by atoms with Gasteiger partial charge >= 0.3 is 11.9 Å². The Morgan fingerprint density at radius 3 is 1.18 bits per heavy atom. The monoisotopic (exact) mass is 775 g/mol. The molecular weight excluding hydrogens is 693 g/mol. The third-order valence-corrected chi connectivity index (χ3v) is 9.05. The van der Waals surface area contributed by atoms with Gasteiger partial charge in [0, 0.05) is 12.8 Å². The van der Waals surface area contributed by atoms with Crippen LogP contribution in [0.1, 0.15) is 181 Å². The van der Waals surface area contributed by atoms with E-state index in [4.69, 9.17) is 9.47 Å². The van der Waals surface area contributed by atoms with Crippen molar-refractivity contribution in [1.82, 2.24) is 0 Å². The molecule has 5 heteroatoms. The zero-order valence-corrected chi connectivity index (χ0v) is 35.8. The van der Waals surface area contributed by atoms with Gasteiger partial charge in [-0.05, 0) is 103 Å². The van der Waals surface area contributed by atoms with E-state index >= 15 is 0 Å². The van der Waals surface area contributed by atoms with Gasteiger partial charge in [-0.2, -0.15) is 0 Å². The van der Waals surface area contributed by atoms with E-state index < -0.39 is 6.10 Å². The van der Waals surface area contributed by atoms with Crippen LogP contribution in [-0.2, 0) is 19.1 Å². The number of carbonyl (C=O) groups is 2. The zero-order valence-electron chi connectivity index (χ0n) is 35.8. The second kappa shape index (κ2) is 45.9. The molecule has 0 aliphatic heterocycles. The van der Waals surface area contributed by atoms with Crippen LogP contribution in [0.15, 0.2) is 109 Å². The number of unbranched alkanes of at least 4 members (excludes halogenated alkanes) is 13. The van der Waals surface area contributed by atoms with Crippen molar-refractivity contribution in [3.8, 4) is 0 Å². The summed E-state index contributed by atoms with van der Waals surface area (Å²) in [5.41, 5.74) is 0. The summed E-state index contributed by atoms with van der Waals surface area (Å²) in [7, 11) is 0. The van der Waals surface area contributed by atoms with E-state index in [0.717, 1.165) is 109 Å². The Balaban J connectivity index is 3.68. The molecule has 0 saturated carbocycles. The van der Waals surface area contributed by atoms with Crippen LogP contribution >= 0.6 is 0 Å². The molecular formula is C51H82O5. The van der Waals surface area contributed by atoms with Gasteiger partial charge in [-0.15, -0.1) is 0 Å². The molecule has 0 bridgehead atoms. The van der Waals surface area contributed by atoms with E-state index in [-0.39, 0.29) is 25.2 Å². The summed E-state index contributed by atoms with van der Waals surface area (Å²) >= 11 is 0. The van der Waals surface area contributed by atoms with Crippen LogP contribution < -0.4 is 0 Å². The van der Waals surface area contributed by atoms with E-state index in [1.54, 1.807) is 0 Å². The van der Waals surface area contributed by atoms with Crippen molar-refractivity contribution < 1.29 is 24.2 Å².